The molecule has 0 bridgehead atoms. The van der Waals surface area contributed by atoms with E-state index in [4.69, 9.17) is 5.73 Å². The number of nitrogens with zero attached hydrogens (tertiary/aromatic N) is 1. The highest BCUT2D eigenvalue weighted by Crippen LogP contribution is 2.16. The number of hydrogen-bond acceptors (Lipinski definition) is 2. The lowest BCUT2D eigenvalue weighted by molar-refractivity contribution is -0.146. The minimum Gasteiger partial charge on any atom is -0.370 e. The first-order valence-electron chi connectivity index (χ1n) is 3.92. The maximum Gasteiger partial charge on any atom is 0.401 e. The van der Waals surface area contributed by atoms with E-state index in [1.165, 1.54) is 0 Å². The largest absolute Gasteiger partial charge is 0.401 e. The lowest BCUT2D eigenvalue weighted by Gasteiger charge is -2.20. The molecule has 6 heteroatoms. The highest BCUT2D eigenvalue weighted by molar-refractivity contribution is 5.73. The highest BCUT2D eigenvalue weighted by Gasteiger charge is 2.29. The number of nitrogens with two attached hydrogens (primary N) is 1. The first-order valence-corrected chi connectivity index (χ1v) is 3.92. The van der Waals surface area contributed by atoms with Crippen molar-refractivity contribution in [3.8, 4) is 0 Å². The van der Waals surface area contributed by atoms with Gasteiger partial charge in [0.1, 0.15) is 0 Å². The van der Waals surface area contributed by atoms with Crippen LogP contribution in [0.2, 0.25) is 0 Å². The molecule has 0 aromatic carbocycles. The number of halogens is 3. The summed E-state index contributed by atoms with van der Waals surface area (Å²) in [6.07, 6.45) is -4.25. The summed E-state index contributed by atoms with van der Waals surface area (Å²) in [5, 5.41) is 0. The standard InChI is InChI=1S/C7H13F3N2O/c1-2-12(4-3-6(11)13)5-7(8,9)10/h2-5H2,1H3,(H2,11,13). The van der Waals surface area contributed by atoms with Gasteiger partial charge in [0.25, 0.3) is 0 Å². The Labute approximate surface area is 74.7 Å². The second-order valence-electron chi connectivity index (χ2n) is 2.70. The Balaban J connectivity index is 3.83. The van der Waals surface area contributed by atoms with Crippen LogP contribution >= 0.6 is 0 Å². The molecule has 0 saturated heterocycles. The maximum absolute atomic E-state index is 11.9. The number of carbonyl (C=O) groups is 1. The molecule has 13 heavy (non-hydrogen) atoms. The third-order valence-electron chi connectivity index (χ3n) is 1.52. The highest BCUT2D eigenvalue weighted by atomic mass is 19.4. The number of carbonyl (C=O) groups excluding carboxylic acids is 1. The van der Waals surface area contributed by atoms with E-state index in [-0.39, 0.29) is 19.5 Å². The second kappa shape index (κ2) is 5.06. The van der Waals surface area contributed by atoms with Crippen LogP contribution in [-0.4, -0.2) is 36.6 Å². The van der Waals surface area contributed by atoms with Gasteiger partial charge in [0.05, 0.1) is 6.54 Å². The first kappa shape index (κ1) is 12.2. The molecule has 0 aliphatic rings. The maximum atomic E-state index is 11.9. The summed E-state index contributed by atoms with van der Waals surface area (Å²) in [6, 6.07) is 0. The van der Waals surface area contributed by atoms with Crippen molar-refractivity contribution in [2.24, 2.45) is 5.73 Å². The minimum absolute atomic E-state index is 0.0378. The molecule has 0 aliphatic carbocycles. The molecule has 0 spiro atoms. The van der Waals surface area contributed by atoms with Crippen molar-refractivity contribution in [3.63, 3.8) is 0 Å². The molecule has 0 radical (unpaired) electrons. The van der Waals surface area contributed by atoms with Crippen LogP contribution in [0.5, 0.6) is 0 Å². The van der Waals surface area contributed by atoms with Crippen LogP contribution in [0.1, 0.15) is 13.3 Å². The number of amides is 1. The molecule has 0 unspecified atom stereocenters. The lowest BCUT2D eigenvalue weighted by atomic mass is 10.3. The zero-order chi connectivity index (χ0) is 10.5. The molecule has 0 aromatic rings. The van der Waals surface area contributed by atoms with Crippen LogP contribution in [0.15, 0.2) is 0 Å². The number of rotatable bonds is 5. The predicted molar refractivity (Wildman–Crippen MR) is 42.0 cm³/mol. The van der Waals surface area contributed by atoms with Crippen molar-refractivity contribution >= 4 is 5.91 Å². The number of hydrogen-bond donors (Lipinski definition) is 1. The number of primary amides is 1. The topological polar surface area (TPSA) is 46.3 Å². The average molecular weight is 198 g/mol. The average Bonchev–Trinajstić information content (AvgIpc) is 1.95. The van der Waals surface area contributed by atoms with Crippen LogP contribution in [0.25, 0.3) is 0 Å². The smallest absolute Gasteiger partial charge is 0.370 e. The van der Waals surface area contributed by atoms with E-state index in [2.05, 4.69) is 0 Å². The van der Waals surface area contributed by atoms with Gasteiger partial charge in [0.15, 0.2) is 0 Å². The molecule has 0 saturated carbocycles. The molecule has 1 amide bonds. The predicted octanol–water partition coefficient (Wildman–Crippen LogP) is 0.746. The van der Waals surface area contributed by atoms with Gasteiger partial charge in [-0.25, -0.2) is 0 Å². The summed E-state index contributed by atoms with van der Waals surface area (Å²) in [5.74, 6) is -0.583. The van der Waals surface area contributed by atoms with E-state index < -0.39 is 18.6 Å². The van der Waals surface area contributed by atoms with Gasteiger partial charge in [0.2, 0.25) is 5.91 Å². The monoisotopic (exact) mass is 198 g/mol. The SMILES string of the molecule is CCN(CCC(N)=O)CC(F)(F)F. The van der Waals surface area contributed by atoms with Gasteiger partial charge in [0, 0.05) is 13.0 Å². The quantitative estimate of drug-likeness (QED) is 0.708. The molecule has 0 atom stereocenters. The van der Waals surface area contributed by atoms with Gasteiger partial charge < -0.3 is 5.73 Å². The van der Waals surface area contributed by atoms with Crippen molar-refractivity contribution in [1.29, 1.82) is 0 Å². The Bertz CT molecular complexity index is 170. The van der Waals surface area contributed by atoms with E-state index in [1.807, 2.05) is 0 Å². The third-order valence-corrected chi connectivity index (χ3v) is 1.52. The fourth-order valence-electron chi connectivity index (χ4n) is 0.871. The summed E-state index contributed by atoms with van der Waals surface area (Å²) < 4.78 is 35.6. The van der Waals surface area contributed by atoms with Gasteiger partial charge in [-0.3, -0.25) is 9.69 Å². The minimum atomic E-state index is -4.21. The van der Waals surface area contributed by atoms with E-state index >= 15 is 0 Å². The summed E-state index contributed by atoms with van der Waals surface area (Å²) >= 11 is 0. The van der Waals surface area contributed by atoms with E-state index in [0.29, 0.717) is 0 Å². The fourth-order valence-corrected chi connectivity index (χ4v) is 0.871. The van der Waals surface area contributed by atoms with Crippen LogP contribution in [0.4, 0.5) is 13.2 Å². The van der Waals surface area contributed by atoms with Crippen LogP contribution in [0, 0.1) is 0 Å². The molecule has 0 heterocycles. The van der Waals surface area contributed by atoms with Crippen molar-refractivity contribution in [2.75, 3.05) is 19.6 Å². The Kier molecular flexibility index (Phi) is 4.76. The van der Waals surface area contributed by atoms with Gasteiger partial charge in [-0.1, -0.05) is 6.92 Å². The summed E-state index contributed by atoms with van der Waals surface area (Å²) in [6.45, 7) is 0.932. The molecular formula is C7H13F3N2O. The van der Waals surface area contributed by atoms with Crippen LogP contribution in [-0.2, 0) is 4.79 Å². The number of alkyl halides is 3. The fraction of sp³-hybridized carbons (Fsp3) is 0.857. The molecule has 78 valence electrons. The summed E-state index contributed by atoms with van der Waals surface area (Å²) in [5.41, 5.74) is 4.81. The van der Waals surface area contributed by atoms with Gasteiger partial charge in [-0.2, -0.15) is 13.2 Å². The van der Waals surface area contributed by atoms with Gasteiger partial charge in [-0.15, -0.1) is 0 Å². The summed E-state index contributed by atoms with van der Waals surface area (Å²) in [4.78, 5) is 11.4. The van der Waals surface area contributed by atoms with Crippen molar-refractivity contribution in [1.82, 2.24) is 4.90 Å². The van der Waals surface area contributed by atoms with E-state index in [0.717, 1.165) is 4.90 Å². The molecule has 0 rings (SSSR count). The van der Waals surface area contributed by atoms with Gasteiger partial charge >= 0.3 is 6.18 Å². The molecule has 0 aliphatic heterocycles. The van der Waals surface area contributed by atoms with Crippen molar-refractivity contribution in [2.45, 2.75) is 19.5 Å². The molecular weight excluding hydrogens is 185 g/mol. The Morgan fingerprint density at radius 2 is 2.00 bits per heavy atom. The first-order chi connectivity index (χ1) is 5.85. The lowest BCUT2D eigenvalue weighted by Crippen LogP contribution is -2.36. The van der Waals surface area contributed by atoms with Crippen LogP contribution < -0.4 is 5.73 Å². The van der Waals surface area contributed by atoms with Crippen molar-refractivity contribution in [3.05, 3.63) is 0 Å². The Morgan fingerprint density at radius 3 is 2.31 bits per heavy atom. The third kappa shape index (κ3) is 7.58. The second-order valence-corrected chi connectivity index (χ2v) is 2.70. The van der Waals surface area contributed by atoms with E-state index in [9.17, 15) is 18.0 Å². The normalized spacial score (nSPS) is 12.1. The zero-order valence-electron chi connectivity index (χ0n) is 7.40. The Morgan fingerprint density at radius 1 is 1.46 bits per heavy atom. The molecule has 2 N–H and O–H groups in total. The van der Waals surface area contributed by atoms with Gasteiger partial charge in [-0.05, 0) is 6.54 Å². The van der Waals surface area contributed by atoms with E-state index in [1.54, 1.807) is 6.92 Å². The van der Waals surface area contributed by atoms with Crippen molar-refractivity contribution < 1.29 is 18.0 Å². The summed E-state index contributed by atoms with van der Waals surface area (Å²) in [7, 11) is 0. The Hall–Kier alpha value is -0.780. The molecule has 0 fully saturated rings. The van der Waals surface area contributed by atoms with Crippen LogP contribution in [0.3, 0.4) is 0 Å². The molecule has 3 nitrogen and oxygen atoms in total. The zero-order valence-corrected chi connectivity index (χ0v) is 7.40. The molecule has 0 aromatic heterocycles.